The molecule has 0 fully saturated rings. The maximum Gasteiger partial charge on any atom is 0.289 e. The molecule has 0 unspecified atom stereocenters. The number of aryl methyl sites for hydroxylation is 1. The van der Waals surface area contributed by atoms with E-state index >= 15 is 0 Å². The predicted octanol–water partition coefficient (Wildman–Crippen LogP) is 2.41. The zero-order valence-corrected chi connectivity index (χ0v) is 10.7. The summed E-state index contributed by atoms with van der Waals surface area (Å²) in [7, 11) is 0. The first kappa shape index (κ1) is 13.3. The van der Waals surface area contributed by atoms with Gasteiger partial charge in [0.15, 0.2) is 0 Å². The average molecular weight is 282 g/mol. The largest absolute Gasteiger partial charge is 0.369 e. The third-order valence-corrected chi connectivity index (χ3v) is 2.76. The van der Waals surface area contributed by atoms with Crippen LogP contribution >= 0.6 is 11.6 Å². The summed E-state index contributed by atoms with van der Waals surface area (Å²) in [6.45, 7) is 0.658. The summed E-state index contributed by atoms with van der Waals surface area (Å²) in [5.41, 5.74) is -0.119. The highest BCUT2D eigenvalue weighted by molar-refractivity contribution is 6.33. The van der Waals surface area contributed by atoms with Gasteiger partial charge in [0.1, 0.15) is 17.8 Å². The maximum atomic E-state index is 10.5. The summed E-state index contributed by atoms with van der Waals surface area (Å²) >= 11 is 5.90. The summed E-state index contributed by atoms with van der Waals surface area (Å²) in [5, 5.41) is 13.8. The van der Waals surface area contributed by atoms with Crippen LogP contribution in [-0.4, -0.2) is 26.4 Å². The normalized spacial score (nSPS) is 10.4. The van der Waals surface area contributed by atoms with Gasteiger partial charge in [-0.1, -0.05) is 11.6 Å². The first-order valence-corrected chi connectivity index (χ1v) is 6.06. The highest BCUT2D eigenvalue weighted by atomic mass is 35.5. The molecule has 0 saturated carbocycles. The first-order chi connectivity index (χ1) is 9.16. The molecule has 0 aromatic carbocycles. The van der Waals surface area contributed by atoms with Crippen molar-refractivity contribution in [2.75, 3.05) is 11.9 Å². The standard InChI is InChI=1S/C11H12ClN5O2/c12-9-6-8(17(18)19)7-16-11(9)15-3-1-2-10-13-4-5-14-10/h4-7H,1-3H2,(H,13,14)(H,15,16). The summed E-state index contributed by atoms with van der Waals surface area (Å²) < 4.78 is 0. The average Bonchev–Trinajstić information content (AvgIpc) is 2.89. The van der Waals surface area contributed by atoms with Crippen LogP contribution in [0, 0.1) is 10.1 Å². The quantitative estimate of drug-likeness (QED) is 0.481. The number of nitro groups is 1. The number of hydrogen-bond acceptors (Lipinski definition) is 5. The molecule has 2 rings (SSSR count). The minimum Gasteiger partial charge on any atom is -0.369 e. The second kappa shape index (κ2) is 6.14. The van der Waals surface area contributed by atoms with E-state index in [1.807, 2.05) is 0 Å². The van der Waals surface area contributed by atoms with Crippen LogP contribution in [0.3, 0.4) is 0 Å². The number of aromatic amines is 1. The Morgan fingerprint density at radius 1 is 1.47 bits per heavy atom. The molecule has 0 bridgehead atoms. The van der Waals surface area contributed by atoms with Crippen molar-refractivity contribution < 1.29 is 4.92 Å². The van der Waals surface area contributed by atoms with Crippen molar-refractivity contribution >= 4 is 23.1 Å². The lowest BCUT2D eigenvalue weighted by atomic mass is 10.3. The fraction of sp³-hybridized carbons (Fsp3) is 0.273. The van der Waals surface area contributed by atoms with Gasteiger partial charge < -0.3 is 10.3 Å². The van der Waals surface area contributed by atoms with Crippen LogP contribution in [-0.2, 0) is 6.42 Å². The molecule has 0 atom stereocenters. The third kappa shape index (κ3) is 3.65. The van der Waals surface area contributed by atoms with Gasteiger partial charge in [0.25, 0.3) is 5.69 Å². The molecule has 0 saturated heterocycles. The molecule has 0 aliphatic carbocycles. The van der Waals surface area contributed by atoms with Crippen molar-refractivity contribution in [3.8, 4) is 0 Å². The molecule has 19 heavy (non-hydrogen) atoms. The van der Waals surface area contributed by atoms with Crippen LogP contribution in [0.2, 0.25) is 5.02 Å². The Hall–Kier alpha value is -2.15. The third-order valence-electron chi connectivity index (χ3n) is 2.48. The monoisotopic (exact) mass is 281 g/mol. The van der Waals surface area contributed by atoms with Crippen molar-refractivity contribution in [2.24, 2.45) is 0 Å². The Kier molecular flexibility index (Phi) is 4.30. The summed E-state index contributed by atoms with van der Waals surface area (Å²) in [5.74, 6) is 1.37. The number of hydrogen-bond donors (Lipinski definition) is 2. The Labute approximate surface area is 114 Å². The smallest absolute Gasteiger partial charge is 0.289 e. The van der Waals surface area contributed by atoms with Gasteiger partial charge in [-0.15, -0.1) is 0 Å². The number of pyridine rings is 1. The molecule has 2 N–H and O–H groups in total. The minimum absolute atomic E-state index is 0.119. The van der Waals surface area contributed by atoms with Gasteiger partial charge in [-0.05, 0) is 6.42 Å². The van der Waals surface area contributed by atoms with Crippen LogP contribution in [0.1, 0.15) is 12.2 Å². The van der Waals surface area contributed by atoms with E-state index in [4.69, 9.17) is 11.6 Å². The van der Waals surface area contributed by atoms with Crippen LogP contribution in [0.4, 0.5) is 11.5 Å². The minimum atomic E-state index is -0.528. The van der Waals surface area contributed by atoms with E-state index in [1.165, 1.54) is 12.3 Å². The van der Waals surface area contributed by atoms with Gasteiger partial charge in [0.2, 0.25) is 0 Å². The number of nitrogens with one attached hydrogen (secondary N) is 2. The molecular weight excluding hydrogens is 270 g/mol. The van der Waals surface area contributed by atoms with Crippen molar-refractivity contribution in [3.63, 3.8) is 0 Å². The number of nitrogens with zero attached hydrogens (tertiary/aromatic N) is 3. The summed E-state index contributed by atoms with van der Waals surface area (Å²) in [6, 6.07) is 1.28. The van der Waals surface area contributed by atoms with Crippen molar-refractivity contribution in [2.45, 2.75) is 12.8 Å². The number of anilines is 1. The molecule has 8 heteroatoms. The molecule has 0 amide bonds. The zero-order chi connectivity index (χ0) is 13.7. The molecule has 2 heterocycles. The summed E-state index contributed by atoms with van der Waals surface area (Å²) in [4.78, 5) is 21.1. The Morgan fingerprint density at radius 2 is 2.32 bits per heavy atom. The van der Waals surface area contributed by atoms with E-state index in [-0.39, 0.29) is 10.7 Å². The van der Waals surface area contributed by atoms with Gasteiger partial charge in [-0.2, -0.15) is 0 Å². The van der Waals surface area contributed by atoms with E-state index in [9.17, 15) is 10.1 Å². The predicted molar refractivity (Wildman–Crippen MR) is 71.3 cm³/mol. The molecule has 0 aliphatic rings. The zero-order valence-electron chi connectivity index (χ0n) is 9.97. The molecule has 7 nitrogen and oxygen atoms in total. The Balaban J connectivity index is 1.84. The second-order valence-electron chi connectivity index (χ2n) is 3.85. The van der Waals surface area contributed by atoms with Crippen molar-refractivity contribution in [1.82, 2.24) is 15.0 Å². The van der Waals surface area contributed by atoms with E-state index < -0.39 is 4.92 Å². The molecular formula is C11H12ClN5O2. The van der Waals surface area contributed by atoms with Gasteiger partial charge in [0, 0.05) is 31.4 Å². The SMILES string of the molecule is O=[N+]([O-])c1cnc(NCCCc2ncc[nH]2)c(Cl)c1. The maximum absolute atomic E-state index is 10.5. The second-order valence-corrected chi connectivity index (χ2v) is 4.25. The Bertz CT molecular complexity index is 558. The topological polar surface area (TPSA) is 96.7 Å². The van der Waals surface area contributed by atoms with Crippen LogP contribution < -0.4 is 5.32 Å². The van der Waals surface area contributed by atoms with E-state index in [1.54, 1.807) is 12.4 Å². The van der Waals surface area contributed by atoms with E-state index in [0.29, 0.717) is 12.4 Å². The van der Waals surface area contributed by atoms with E-state index in [2.05, 4.69) is 20.3 Å². The highest BCUT2D eigenvalue weighted by Crippen LogP contribution is 2.23. The number of rotatable bonds is 6. The van der Waals surface area contributed by atoms with Crippen molar-refractivity contribution in [1.29, 1.82) is 0 Å². The molecule has 0 aliphatic heterocycles. The first-order valence-electron chi connectivity index (χ1n) is 5.69. The van der Waals surface area contributed by atoms with Crippen molar-refractivity contribution in [3.05, 3.63) is 45.6 Å². The lowest BCUT2D eigenvalue weighted by Crippen LogP contribution is -2.06. The lowest BCUT2D eigenvalue weighted by molar-refractivity contribution is -0.385. The van der Waals surface area contributed by atoms with Gasteiger partial charge in [-0.3, -0.25) is 10.1 Å². The number of imidazole rings is 1. The molecule has 100 valence electrons. The molecule has 0 radical (unpaired) electrons. The van der Waals surface area contributed by atoms with Crippen LogP contribution in [0.5, 0.6) is 0 Å². The van der Waals surface area contributed by atoms with E-state index in [0.717, 1.165) is 18.7 Å². The van der Waals surface area contributed by atoms with Gasteiger partial charge in [0.05, 0.1) is 9.95 Å². The van der Waals surface area contributed by atoms with Gasteiger partial charge in [-0.25, -0.2) is 9.97 Å². The highest BCUT2D eigenvalue weighted by Gasteiger charge is 2.10. The van der Waals surface area contributed by atoms with Crippen LogP contribution in [0.15, 0.2) is 24.7 Å². The molecule has 2 aromatic rings. The summed E-state index contributed by atoms with van der Waals surface area (Å²) in [6.07, 6.45) is 6.32. The number of H-pyrrole nitrogens is 1. The number of aromatic nitrogens is 3. The Morgan fingerprint density at radius 3 is 2.95 bits per heavy atom. The number of halogens is 1. The van der Waals surface area contributed by atoms with Crippen LogP contribution in [0.25, 0.3) is 0 Å². The fourth-order valence-corrected chi connectivity index (χ4v) is 1.78. The lowest BCUT2D eigenvalue weighted by Gasteiger charge is -2.06. The molecule has 2 aromatic heterocycles. The fourth-order valence-electron chi connectivity index (χ4n) is 1.56. The van der Waals surface area contributed by atoms with Gasteiger partial charge >= 0.3 is 0 Å². The molecule has 0 spiro atoms.